The molecule has 0 saturated carbocycles. The molecule has 3 aromatic rings. The highest BCUT2D eigenvalue weighted by Gasteiger charge is 2.22. The Labute approximate surface area is 168 Å². The number of carbonyl (C=O) groups is 1. The van der Waals surface area contributed by atoms with E-state index in [1.807, 2.05) is 30.3 Å². The maximum Gasteiger partial charge on any atom is 0.254 e. The maximum atomic E-state index is 12.6. The Morgan fingerprint density at radius 2 is 1.96 bits per heavy atom. The third-order valence-corrected chi connectivity index (χ3v) is 5.61. The number of hydrogen-bond acceptors (Lipinski definition) is 6. The molecule has 1 saturated heterocycles. The van der Waals surface area contributed by atoms with Crippen molar-refractivity contribution < 1.29 is 4.79 Å². The number of likely N-dealkylation sites (tertiary alicyclic amines) is 1. The molecule has 1 unspecified atom stereocenters. The highest BCUT2D eigenvalue weighted by atomic mass is 32.1. The van der Waals surface area contributed by atoms with Crippen molar-refractivity contribution in [3.63, 3.8) is 0 Å². The molecule has 2 N–H and O–H groups in total. The van der Waals surface area contributed by atoms with E-state index in [1.54, 1.807) is 23.7 Å². The first-order chi connectivity index (χ1) is 13.8. The lowest BCUT2D eigenvalue weighted by molar-refractivity contribution is 0.0900. The van der Waals surface area contributed by atoms with E-state index >= 15 is 0 Å². The lowest BCUT2D eigenvalue weighted by atomic mass is 10.1. The summed E-state index contributed by atoms with van der Waals surface area (Å²) in [6, 6.07) is 14.1. The van der Waals surface area contributed by atoms with Crippen LogP contribution >= 0.6 is 11.3 Å². The second kappa shape index (κ2) is 8.95. The molecule has 0 radical (unpaired) electrons. The zero-order chi connectivity index (χ0) is 19.2. The Hall–Kier alpha value is -2.77. The molecule has 1 aromatic carbocycles. The number of thiophene rings is 1. The average molecular weight is 394 g/mol. The lowest BCUT2D eigenvalue weighted by Crippen LogP contribution is -2.47. The Balaban J connectivity index is 1.31. The second-order valence-electron chi connectivity index (χ2n) is 6.91. The number of aromatic nitrogens is 2. The topological polar surface area (TPSA) is 70.2 Å². The largest absolute Gasteiger partial charge is 0.348 e. The van der Waals surface area contributed by atoms with Crippen molar-refractivity contribution in [3.05, 3.63) is 70.7 Å². The zero-order valence-electron chi connectivity index (χ0n) is 15.5. The Morgan fingerprint density at radius 3 is 2.71 bits per heavy atom. The van der Waals surface area contributed by atoms with E-state index < -0.39 is 0 Å². The van der Waals surface area contributed by atoms with Crippen LogP contribution in [0.5, 0.6) is 0 Å². The molecular weight excluding hydrogens is 370 g/mol. The van der Waals surface area contributed by atoms with Gasteiger partial charge in [-0.1, -0.05) is 24.3 Å². The number of amides is 1. The quantitative estimate of drug-likeness (QED) is 0.669. The molecule has 1 amide bonds. The molecule has 0 bridgehead atoms. The van der Waals surface area contributed by atoms with Crippen LogP contribution in [0, 0.1) is 0 Å². The van der Waals surface area contributed by atoms with Gasteiger partial charge in [0.1, 0.15) is 0 Å². The van der Waals surface area contributed by atoms with Crippen LogP contribution in [-0.4, -0.2) is 39.9 Å². The number of hydrogen-bond donors (Lipinski definition) is 2. The van der Waals surface area contributed by atoms with Crippen LogP contribution in [0.1, 0.15) is 28.1 Å². The van der Waals surface area contributed by atoms with Gasteiger partial charge in [0.05, 0.1) is 5.56 Å². The fourth-order valence-electron chi connectivity index (χ4n) is 3.37. The molecule has 144 valence electrons. The molecule has 2 aromatic heterocycles. The van der Waals surface area contributed by atoms with Crippen LogP contribution in [0.15, 0.2) is 60.2 Å². The molecule has 28 heavy (non-hydrogen) atoms. The predicted molar refractivity (Wildman–Crippen MR) is 112 cm³/mol. The van der Waals surface area contributed by atoms with E-state index in [-0.39, 0.29) is 11.9 Å². The highest BCUT2D eigenvalue weighted by Crippen LogP contribution is 2.17. The second-order valence-corrected chi connectivity index (χ2v) is 7.95. The van der Waals surface area contributed by atoms with Gasteiger partial charge < -0.3 is 10.6 Å². The van der Waals surface area contributed by atoms with Crippen LogP contribution < -0.4 is 10.6 Å². The normalized spacial score (nSPS) is 17.2. The van der Waals surface area contributed by atoms with Crippen molar-refractivity contribution in [2.24, 2.45) is 0 Å². The summed E-state index contributed by atoms with van der Waals surface area (Å²) in [5.41, 5.74) is 1.39. The number of nitrogens with zero attached hydrogens (tertiary/aromatic N) is 3. The van der Waals surface area contributed by atoms with Crippen molar-refractivity contribution in [1.82, 2.24) is 20.2 Å². The van der Waals surface area contributed by atoms with Gasteiger partial charge in [-0.3, -0.25) is 9.69 Å². The first kappa shape index (κ1) is 18.6. The number of benzene rings is 1. The van der Waals surface area contributed by atoms with Crippen LogP contribution in [0.25, 0.3) is 0 Å². The predicted octanol–water partition coefficient (Wildman–Crippen LogP) is 3.68. The number of nitrogens with one attached hydrogen (secondary N) is 2. The Kier molecular flexibility index (Phi) is 5.94. The Bertz CT molecular complexity index is 883. The molecule has 6 nitrogen and oxygen atoms in total. The Morgan fingerprint density at radius 1 is 1.14 bits per heavy atom. The van der Waals surface area contributed by atoms with Crippen molar-refractivity contribution in [3.8, 4) is 0 Å². The molecule has 7 heteroatoms. The van der Waals surface area contributed by atoms with E-state index in [2.05, 4.69) is 43.0 Å². The standard InChI is InChI=1S/C21H23N5OS/c27-20(16-12-22-21(23-13-16)25-17-6-2-1-3-7-17)24-18-8-4-10-26(14-18)15-19-9-5-11-28-19/h1-3,5-7,9,11-13,18H,4,8,10,14-15H2,(H,24,27)(H,22,23,25). The van der Waals surface area contributed by atoms with Gasteiger partial charge in [-0.15, -0.1) is 11.3 Å². The van der Waals surface area contributed by atoms with E-state index in [1.165, 1.54) is 4.88 Å². The average Bonchev–Trinajstić information content (AvgIpc) is 3.23. The summed E-state index contributed by atoms with van der Waals surface area (Å²) in [4.78, 5) is 24.9. The highest BCUT2D eigenvalue weighted by molar-refractivity contribution is 7.09. The van der Waals surface area contributed by atoms with Gasteiger partial charge in [0.15, 0.2) is 0 Å². The fourth-order valence-corrected chi connectivity index (χ4v) is 4.12. The van der Waals surface area contributed by atoms with Gasteiger partial charge in [-0.2, -0.15) is 0 Å². The van der Waals surface area contributed by atoms with Gasteiger partial charge in [0.25, 0.3) is 5.91 Å². The number of piperidine rings is 1. The van der Waals surface area contributed by atoms with Crippen molar-refractivity contribution in [1.29, 1.82) is 0 Å². The monoisotopic (exact) mass is 393 g/mol. The van der Waals surface area contributed by atoms with Gasteiger partial charge in [0.2, 0.25) is 5.95 Å². The molecule has 0 spiro atoms. The summed E-state index contributed by atoms with van der Waals surface area (Å²) in [6.07, 6.45) is 5.23. The van der Waals surface area contributed by atoms with E-state index in [4.69, 9.17) is 0 Å². The SMILES string of the molecule is O=C(NC1CCCN(Cc2cccs2)C1)c1cnc(Nc2ccccc2)nc1. The van der Waals surface area contributed by atoms with E-state index in [0.717, 1.165) is 38.2 Å². The summed E-state index contributed by atoms with van der Waals surface area (Å²) in [5, 5.41) is 8.36. The third-order valence-electron chi connectivity index (χ3n) is 4.74. The summed E-state index contributed by atoms with van der Waals surface area (Å²) in [5.74, 6) is 0.358. The minimum atomic E-state index is -0.116. The van der Waals surface area contributed by atoms with Gasteiger partial charge in [0, 0.05) is 42.1 Å². The first-order valence-electron chi connectivity index (χ1n) is 9.46. The zero-order valence-corrected chi connectivity index (χ0v) is 16.4. The van der Waals surface area contributed by atoms with Crippen LogP contribution in [0.3, 0.4) is 0 Å². The number of anilines is 2. The molecule has 1 aliphatic heterocycles. The van der Waals surface area contributed by atoms with Crippen molar-refractivity contribution in [2.45, 2.75) is 25.4 Å². The van der Waals surface area contributed by atoms with Gasteiger partial charge in [-0.25, -0.2) is 9.97 Å². The number of carbonyl (C=O) groups excluding carboxylic acids is 1. The summed E-state index contributed by atoms with van der Waals surface area (Å²) in [6.45, 7) is 2.90. The minimum Gasteiger partial charge on any atom is -0.348 e. The molecule has 3 heterocycles. The van der Waals surface area contributed by atoms with Crippen molar-refractivity contribution >= 4 is 28.9 Å². The minimum absolute atomic E-state index is 0.116. The molecule has 1 atom stereocenters. The summed E-state index contributed by atoms with van der Waals surface area (Å²) < 4.78 is 0. The smallest absolute Gasteiger partial charge is 0.254 e. The molecular formula is C21H23N5OS. The van der Waals surface area contributed by atoms with E-state index in [0.29, 0.717) is 11.5 Å². The number of rotatable bonds is 6. The third kappa shape index (κ3) is 4.94. The van der Waals surface area contributed by atoms with Gasteiger partial charge in [-0.05, 0) is 43.0 Å². The van der Waals surface area contributed by atoms with Crippen LogP contribution in [0.2, 0.25) is 0 Å². The molecule has 0 aliphatic carbocycles. The van der Waals surface area contributed by atoms with Crippen LogP contribution in [0.4, 0.5) is 11.6 Å². The lowest BCUT2D eigenvalue weighted by Gasteiger charge is -2.32. The molecule has 1 fully saturated rings. The van der Waals surface area contributed by atoms with Gasteiger partial charge >= 0.3 is 0 Å². The number of para-hydroxylation sites is 1. The van der Waals surface area contributed by atoms with E-state index in [9.17, 15) is 4.79 Å². The maximum absolute atomic E-state index is 12.6. The fraction of sp³-hybridized carbons (Fsp3) is 0.286. The summed E-state index contributed by atoms with van der Waals surface area (Å²) >= 11 is 1.78. The summed E-state index contributed by atoms with van der Waals surface area (Å²) in [7, 11) is 0. The molecule has 1 aliphatic rings. The molecule has 4 rings (SSSR count). The van der Waals surface area contributed by atoms with Crippen LogP contribution in [-0.2, 0) is 6.54 Å². The van der Waals surface area contributed by atoms with Crippen molar-refractivity contribution in [2.75, 3.05) is 18.4 Å². The first-order valence-corrected chi connectivity index (χ1v) is 10.3.